The maximum Gasteiger partial charge on any atom is 0.418 e. The van der Waals surface area contributed by atoms with Gasteiger partial charge in [0.05, 0.1) is 37.5 Å². The Bertz CT molecular complexity index is 2010. The standard InChI is InChI=1S/C37H41F3N6O3/c1-24-7-6-14-43(18-24)19-25-15-31(37(38,39)40)32-22-45(36(47)46(32)20-25)29-11-5-10-27(16-29)34(26-8-4-9-26)35-42-41-23-44(35)21-28-12-13-30(48-2)17-33(28)49-3/h5,10-13,15-17,20,22-24,26,34H,4,6-9,14,18-19,21H2,1-3H3/t24-,34?/m0/s1. The van der Waals surface area contributed by atoms with Crippen molar-refractivity contribution in [2.45, 2.75) is 64.2 Å². The van der Waals surface area contributed by atoms with E-state index < -0.39 is 17.4 Å². The number of likely N-dealkylation sites (tertiary alicyclic amines) is 1. The van der Waals surface area contributed by atoms with Crippen LogP contribution in [0.1, 0.15) is 73.0 Å². The number of hydrogen-bond donors (Lipinski definition) is 0. The van der Waals surface area contributed by atoms with Crippen LogP contribution in [0.15, 0.2) is 72.0 Å². The number of methoxy groups -OCH3 is 2. The molecule has 2 atom stereocenters. The Morgan fingerprint density at radius 1 is 0.980 bits per heavy atom. The molecule has 0 bridgehead atoms. The van der Waals surface area contributed by atoms with Gasteiger partial charge in [-0.3, -0.25) is 13.9 Å². The first kappa shape index (κ1) is 32.9. The van der Waals surface area contributed by atoms with Crippen molar-refractivity contribution in [3.8, 4) is 17.2 Å². The predicted octanol–water partition coefficient (Wildman–Crippen LogP) is 6.93. The molecule has 2 aliphatic rings. The van der Waals surface area contributed by atoms with E-state index in [1.165, 1.54) is 16.8 Å². The molecule has 0 amide bonds. The lowest BCUT2D eigenvalue weighted by Gasteiger charge is -2.34. The zero-order valence-corrected chi connectivity index (χ0v) is 28.0. The number of halogens is 3. The first-order valence-electron chi connectivity index (χ1n) is 16.9. The number of imidazole rings is 1. The quantitative estimate of drug-likeness (QED) is 0.160. The Morgan fingerprint density at radius 3 is 2.53 bits per heavy atom. The summed E-state index contributed by atoms with van der Waals surface area (Å²) in [6, 6.07) is 14.4. The van der Waals surface area contributed by atoms with Crippen LogP contribution in [0.3, 0.4) is 0 Å². The molecule has 2 aromatic carbocycles. The van der Waals surface area contributed by atoms with Crippen molar-refractivity contribution < 1.29 is 22.6 Å². The smallest absolute Gasteiger partial charge is 0.418 e. The van der Waals surface area contributed by atoms with E-state index in [-0.39, 0.29) is 11.4 Å². The fraction of sp³-hybridized carbons (Fsp3) is 0.432. The average molecular weight is 675 g/mol. The van der Waals surface area contributed by atoms with Crippen molar-refractivity contribution in [2.75, 3.05) is 27.3 Å². The molecule has 2 fully saturated rings. The molecule has 12 heteroatoms. The molecule has 5 aromatic rings. The zero-order chi connectivity index (χ0) is 34.3. The largest absolute Gasteiger partial charge is 0.497 e. The average Bonchev–Trinajstić information content (AvgIpc) is 3.65. The third-order valence-electron chi connectivity index (χ3n) is 10.2. The SMILES string of the molecule is COc1ccc(Cn2cnnc2C(c2cccc(-n3cc4c(C(F)(F)F)cc(CN5CCC[C@H](C)C5)cn4c3=O)c2)C2CCC2)c(OC)c1. The molecule has 1 saturated carbocycles. The minimum atomic E-state index is -4.62. The second-order valence-corrected chi connectivity index (χ2v) is 13.5. The van der Waals surface area contributed by atoms with Gasteiger partial charge >= 0.3 is 11.9 Å². The minimum Gasteiger partial charge on any atom is -0.497 e. The Morgan fingerprint density at radius 2 is 1.82 bits per heavy atom. The van der Waals surface area contributed by atoms with Gasteiger partial charge in [0.1, 0.15) is 23.7 Å². The lowest BCUT2D eigenvalue weighted by atomic mass is 9.72. The summed E-state index contributed by atoms with van der Waals surface area (Å²) in [5.74, 6) is 2.82. The second kappa shape index (κ2) is 13.4. The third-order valence-corrected chi connectivity index (χ3v) is 10.2. The Kier molecular flexibility index (Phi) is 8.99. The number of pyridine rings is 1. The van der Waals surface area contributed by atoms with Gasteiger partial charge in [0.15, 0.2) is 0 Å². The summed E-state index contributed by atoms with van der Waals surface area (Å²) in [6.07, 6.45) is 5.22. The van der Waals surface area contributed by atoms with Gasteiger partial charge in [0.2, 0.25) is 0 Å². The van der Waals surface area contributed by atoms with Gasteiger partial charge in [-0.2, -0.15) is 13.2 Å². The van der Waals surface area contributed by atoms with Crippen molar-refractivity contribution in [1.29, 1.82) is 0 Å². The summed E-state index contributed by atoms with van der Waals surface area (Å²) in [6.45, 7) is 4.65. The Hall–Kier alpha value is -4.58. The lowest BCUT2D eigenvalue weighted by Crippen LogP contribution is -2.34. The van der Waals surface area contributed by atoms with E-state index in [2.05, 4.69) is 22.0 Å². The molecule has 1 saturated heterocycles. The predicted molar refractivity (Wildman–Crippen MR) is 180 cm³/mol. The molecule has 0 N–H and O–H groups in total. The first-order valence-corrected chi connectivity index (χ1v) is 16.9. The molecule has 0 spiro atoms. The summed E-state index contributed by atoms with van der Waals surface area (Å²) in [5.41, 5.74) is 1.32. The number of piperidine rings is 1. The number of aromatic nitrogens is 5. The summed E-state index contributed by atoms with van der Waals surface area (Å²) >= 11 is 0. The van der Waals surface area contributed by atoms with Crippen LogP contribution in [0.2, 0.25) is 0 Å². The fourth-order valence-corrected chi connectivity index (χ4v) is 7.50. The van der Waals surface area contributed by atoms with E-state index in [0.717, 1.165) is 66.5 Å². The van der Waals surface area contributed by atoms with Crippen LogP contribution in [0, 0.1) is 11.8 Å². The summed E-state index contributed by atoms with van der Waals surface area (Å²) < 4.78 is 58.9. The highest BCUT2D eigenvalue weighted by Crippen LogP contribution is 2.43. The van der Waals surface area contributed by atoms with Crippen LogP contribution < -0.4 is 15.2 Å². The number of alkyl halides is 3. The van der Waals surface area contributed by atoms with Crippen LogP contribution >= 0.6 is 0 Å². The summed E-state index contributed by atoms with van der Waals surface area (Å²) in [7, 11) is 3.23. The number of ether oxygens (including phenoxy) is 2. The van der Waals surface area contributed by atoms with E-state index in [9.17, 15) is 18.0 Å². The molecular weight excluding hydrogens is 633 g/mol. The van der Waals surface area contributed by atoms with Crippen molar-refractivity contribution in [1.82, 2.24) is 28.6 Å². The molecule has 258 valence electrons. The summed E-state index contributed by atoms with van der Waals surface area (Å²) in [5, 5.41) is 8.87. The molecule has 9 nitrogen and oxygen atoms in total. The first-order chi connectivity index (χ1) is 23.6. The number of hydrogen-bond acceptors (Lipinski definition) is 6. The monoisotopic (exact) mass is 674 g/mol. The van der Waals surface area contributed by atoms with Gasteiger partial charge in [-0.1, -0.05) is 25.5 Å². The Balaban J connectivity index is 1.26. The van der Waals surface area contributed by atoms with E-state index in [1.807, 2.05) is 41.0 Å². The molecule has 4 heterocycles. The van der Waals surface area contributed by atoms with Crippen LogP contribution in [0.4, 0.5) is 13.2 Å². The highest BCUT2D eigenvalue weighted by atomic mass is 19.4. The lowest BCUT2D eigenvalue weighted by molar-refractivity contribution is -0.136. The third kappa shape index (κ3) is 6.58. The van der Waals surface area contributed by atoms with Crippen molar-refractivity contribution in [3.63, 3.8) is 0 Å². The molecule has 1 unspecified atom stereocenters. The molecular formula is C37H41F3N6O3. The van der Waals surface area contributed by atoms with Crippen molar-refractivity contribution >= 4 is 5.52 Å². The van der Waals surface area contributed by atoms with Gasteiger partial charge in [0.25, 0.3) is 0 Å². The van der Waals surface area contributed by atoms with Crippen LogP contribution in [0.25, 0.3) is 11.2 Å². The Labute approximate surface area is 282 Å². The fourth-order valence-electron chi connectivity index (χ4n) is 7.50. The van der Waals surface area contributed by atoms with Gasteiger partial charge in [-0.25, -0.2) is 4.79 Å². The molecule has 49 heavy (non-hydrogen) atoms. The van der Waals surface area contributed by atoms with E-state index >= 15 is 0 Å². The normalized spacial score (nSPS) is 18.0. The highest BCUT2D eigenvalue weighted by Gasteiger charge is 2.36. The maximum atomic E-state index is 14.5. The molecule has 0 radical (unpaired) electrons. The maximum absolute atomic E-state index is 14.5. The second-order valence-electron chi connectivity index (χ2n) is 13.5. The number of fused-ring (bicyclic) bond motifs is 1. The van der Waals surface area contributed by atoms with Crippen molar-refractivity contribution in [3.05, 3.63) is 106 Å². The highest BCUT2D eigenvalue weighted by molar-refractivity contribution is 5.58. The van der Waals surface area contributed by atoms with E-state index in [0.29, 0.717) is 47.7 Å². The van der Waals surface area contributed by atoms with E-state index in [1.54, 1.807) is 32.8 Å². The topological polar surface area (TPSA) is 78.8 Å². The van der Waals surface area contributed by atoms with Gasteiger partial charge in [-0.15, -0.1) is 10.2 Å². The zero-order valence-electron chi connectivity index (χ0n) is 28.0. The number of rotatable bonds is 10. The minimum absolute atomic E-state index is 0.127. The van der Waals surface area contributed by atoms with Crippen LogP contribution in [-0.2, 0) is 19.3 Å². The van der Waals surface area contributed by atoms with Gasteiger partial charge in [0, 0.05) is 43.0 Å². The number of benzene rings is 2. The van der Waals surface area contributed by atoms with Crippen LogP contribution in [-0.4, -0.2) is 55.9 Å². The number of nitrogens with zero attached hydrogens (tertiary/aromatic N) is 6. The van der Waals surface area contributed by atoms with Crippen molar-refractivity contribution in [2.24, 2.45) is 11.8 Å². The van der Waals surface area contributed by atoms with Gasteiger partial charge in [-0.05, 0) is 85.5 Å². The van der Waals surface area contributed by atoms with Crippen LogP contribution in [0.5, 0.6) is 11.5 Å². The molecule has 1 aliphatic heterocycles. The van der Waals surface area contributed by atoms with Gasteiger partial charge < -0.3 is 14.0 Å². The molecule has 1 aliphatic carbocycles. The molecule has 7 rings (SSSR count). The molecule has 3 aromatic heterocycles. The summed E-state index contributed by atoms with van der Waals surface area (Å²) in [4.78, 5) is 16.0. The van der Waals surface area contributed by atoms with E-state index in [4.69, 9.17) is 9.47 Å².